The van der Waals surface area contributed by atoms with Crippen LogP contribution in [0.15, 0.2) is 58.3 Å². The van der Waals surface area contributed by atoms with Crippen LogP contribution in [0.3, 0.4) is 0 Å². The summed E-state index contributed by atoms with van der Waals surface area (Å²) in [5.74, 6) is 1.38. The monoisotopic (exact) mass is 889 g/mol. The SMILES string of the molecule is CC(=N)CCCCCC(=O)Cc1cccc(CC(=O)c2cc(C(=O)Cc3cccc(CC(=O)CCCCCC(=N)N)c3SCCN)c(OCCN)cc2OCCN)c1SCCN. The predicted molar refractivity (Wildman–Crippen MR) is 253 cm³/mol. The van der Waals surface area contributed by atoms with Crippen LogP contribution in [0.25, 0.3) is 0 Å². The van der Waals surface area contributed by atoms with Gasteiger partial charge in [0.2, 0.25) is 0 Å². The van der Waals surface area contributed by atoms with Crippen molar-refractivity contribution in [3.8, 4) is 11.5 Å². The Kier molecular flexibility index (Phi) is 24.4. The lowest BCUT2D eigenvalue weighted by Crippen LogP contribution is -2.18. The Balaban J connectivity index is 1.98. The van der Waals surface area contributed by atoms with Gasteiger partial charge in [0, 0.05) is 104 Å². The second-order valence-corrected chi connectivity index (χ2v) is 17.5. The number of carbonyl (C=O) groups excluding carboxylic acids is 4. The first-order chi connectivity index (χ1) is 29.9. The van der Waals surface area contributed by atoms with E-state index in [9.17, 15) is 19.2 Å². The maximum atomic E-state index is 14.5. The minimum atomic E-state index is -0.298. The lowest BCUT2D eigenvalue weighted by Gasteiger charge is -2.19. The second kappa shape index (κ2) is 29.1. The summed E-state index contributed by atoms with van der Waals surface area (Å²) in [7, 11) is 0. The zero-order valence-corrected chi connectivity index (χ0v) is 38.0. The fourth-order valence-corrected chi connectivity index (χ4v) is 8.89. The maximum Gasteiger partial charge on any atom is 0.171 e. The molecule has 0 saturated heterocycles. The number of nitrogens with two attached hydrogens (primary N) is 5. The molecule has 13 nitrogen and oxygen atoms in total. The average Bonchev–Trinajstić information content (AvgIpc) is 3.23. The van der Waals surface area contributed by atoms with E-state index in [1.165, 1.54) is 29.6 Å². The molecular weight excluding hydrogens is 823 g/mol. The molecule has 0 atom stereocenters. The highest BCUT2D eigenvalue weighted by atomic mass is 32.2. The number of rotatable bonds is 34. The van der Waals surface area contributed by atoms with Crippen molar-refractivity contribution in [2.24, 2.45) is 28.7 Å². The highest BCUT2D eigenvalue weighted by molar-refractivity contribution is 7.99. The summed E-state index contributed by atoms with van der Waals surface area (Å²) in [6.07, 6.45) is 7.30. The zero-order valence-electron chi connectivity index (χ0n) is 36.3. The Labute approximate surface area is 375 Å². The van der Waals surface area contributed by atoms with E-state index in [0.29, 0.717) is 56.0 Å². The molecule has 12 N–H and O–H groups in total. The van der Waals surface area contributed by atoms with Crippen molar-refractivity contribution < 1.29 is 28.7 Å². The first kappa shape index (κ1) is 52.0. The summed E-state index contributed by atoms with van der Waals surface area (Å²) < 4.78 is 12.0. The normalized spacial score (nSPS) is 11.0. The standard InChI is InChI=1S/C47H67N7O6S2/c1-32(52)10-4-2-5-15-37(55)26-33-11-8-13-35(46(33)61-24-20-50)28-41(57)39-30-40(44(60-23-19-49)31-43(39)59-22-18-48)42(58)29-36-14-9-12-34(47(36)62-25-21-51)27-38(56)16-6-3-7-17-45(53)54/h8-9,11-14,30-31,52H,2-7,10,15-29,48-51H2,1H3,(H3,53,54). The van der Waals surface area contributed by atoms with Crippen molar-refractivity contribution in [2.75, 3.05) is 50.9 Å². The van der Waals surface area contributed by atoms with Gasteiger partial charge in [-0.1, -0.05) is 49.2 Å². The molecule has 0 aliphatic carbocycles. The number of unbranched alkanes of at least 4 members (excludes halogenated alkanes) is 4. The van der Waals surface area contributed by atoms with Gasteiger partial charge in [-0.15, -0.1) is 23.5 Å². The number of Topliss-reactive ketones (excluding diaryl/α,β-unsaturated/α-hetero) is 4. The van der Waals surface area contributed by atoms with Crippen molar-refractivity contribution in [1.82, 2.24) is 0 Å². The molecule has 3 aromatic rings. The van der Waals surface area contributed by atoms with E-state index in [4.69, 9.17) is 49.0 Å². The number of thioether (sulfide) groups is 2. The summed E-state index contributed by atoms with van der Waals surface area (Å²) in [5, 5.41) is 15.0. The van der Waals surface area contributed by atoms with Crippen LogP contribution < -0.4 is 38.1 Å². The first-order valence-corrected chi connectivity index (χ1v) is 23.6. The largest absolute Gasteiger partial charge is 0.491 e. The Morgan fingerprint density at radius 3 is 1.34 bits per heavy atom. The van der Waals surface area contributed by atoms with Crippen LogP contribution in [0, 0.1) is 10.8 Å². The number of benzene rings is 3. The molecule has 0 aliphatic heterocycles. The Morgan fingerprint density at radius 1 is 0.548 bits per heavy atom. The summed E-state index contributed by atoms with van der Waals surface area (Å²) in [4.78, 5) is 56.9. The fraction of sp³-hybridized carbons (Fsp3) is 0.489. The number of amidine groups is 1. The predicted octanol–water partition coefficient (Wildman–Crippen LogP) is 6.41. The summed E-state index contributed by atoms with van der Waals surface area (Å²) in [6, 6.07) is 14.4. The van der Waals surface area contributed by atoms with Crippen LogP contribution in [0.4, 0.5) is 0 Å². The maximum absolute atomic E-state index is 14.5. The van der Waals surface area contributed by atoms with E-state index in [0.717, 1.165) is 70.6 Å². The molecule has 0 saturated carbocycles. The Hall–Kier alpha value is -4.38. The van der Waals surface area contributed by atoms with Gasteiger partial charge in [-0.05, 0) is 67.3 Å². The molecule has 0 radical (unpaired) electrons. The van der Waals surface area contributed by atoms with Crippen molar-refractivity contribution in [1.29, 1.82) is 10.8 Å². The first-order valence-electron chi connectivity index (χ1n) is 21.6. The molecule has 0 heterocycles. The molecular formula is C47H67N7O6S2. The molecule has 0 fully saturated rings. The van der Waals surface area contributed by atoms with Crippen molar-refractivity contribution in [3.05, 3.63) is 81.9 Å². The zero-order chi connectivity index (χ0) is 45.3. The van der Waals surface area contributed by atoms with Crippen molar-refractivity contribution in [3.63, 3.8) is 0 Å². The third-order valence-corrected chi connectivity index (χ3v) is 12.4. The molecule has 0 spiro atoms. The van der Waals surface area contributed by atoms with Crippen molar-refractivity contribution >= 4 is 58.2 Å². The fourth-order valence-electron chi connectivity index (χ4n) is 6.94. The van der Waals surface area contributed by atoms with Gasteiger partial charge in [-0.2, -0.15) is 0 Å². The van der Waals surface area contributed by atoms with Gasteiger partial charge in [-0.3, -0.25) is 24.6 Å². The van der Waals surface area contributed by atoms with E-state index in [2.05, 4.69) is 0 Å². The lowest BCUT2D eigenvalue weighted by atomic mass is 9.94. The molecule has 0 unspecified atom stereocenters. The third kappa shape index (κ3) is 18.1. The number of hydrogen-bond acceptors (Lipinski definition) is 14. The van der Waals surface area contributed by atoms with E-state index >= 15 is 0 Å². The minimum Gasteiger partial charge on any atom is -0.491 e. The van der Waals surface area contributed by atoms with Gasteiger partial charge in [0.05, 0.1) is 17.0 Å². The van der Waals surface area contributed by atoms with Crippen LogP contribution in [0.5, 0.6) is 11.5 Å². The quantitative estimate of drug-likeness (QED) is 0.0112. The van der Waals surface area contributed by atoms with Gasteiger partial charge in [0.15, 0.2) is 11.6 Å². The summed E-state index contributed by atoms with van der Waals surface area (Å²) in [6.45, 7) is 3.22. The van der Waals surface area contributed by atoms with Crippen molar-refractivity contribution in [2.45, 2.75) is 107 Å². The smallest absolute Gasteiger partial charge is 0.171 e. The third-order valence-electron chi connectivity index (χ3n) is 9.90. The second-order valence-electron chi connectivity index (χ2n) is 15.3. The van der Waals surface area contributed by atoms with E-state index in [1.807, 2.05) is 36.4 Å². The van der Waals surface area contributed by atoms with Crippen LogP contribution in [0.2, 0.25) is 0 Å². The average molecular weight is 890 g/mol. The van der Waals surface area contributed by atoms with Gasteiger partial charge < -0.3 is 43.6 Å². The topological polar surface area (TPSA) is 265 Å². The molecule has 62 heavy (non-hydrogen) atoms. The highest BCUT2D eigenvalue weighted by Crippen LogP contribution is 2.35. The minimum absolute atomic E-state index is 0.0276. The number of hydrogen-bond donors (Lipinski definition) is 7. The molecule has 0 aromatic heterocycles. The Bertz CT molecular complexity index is 1840. The molecule has 3 rings (SSSR count). The number of nitrogens with one attached hydrogen (secondary N) is 2. The number of carbonyl (C=O) groups is 4. The van der Waals surface area contributed by atoms with Gasteiger partial charge in [-0.25, -0.2) is 0 Å². The molecule has 0 amide bonds. The van der Waals surface area contributed by atoms with Gasteiger partial charge in [0.1, 0.15) is 36.3 Å². The van der Waals surface area contributed by atoms with Crippen LogP contribution in [-0.2, 0) is 35.3 Å². The van der Waals surface area contributed by atoms with Crippen LogP contribution in [0.1, 0.15) is 114 Å². The lowest BCUT2D eigenvalue weighted by molar-refractivity contribution is -0.119. The summed E-state index contributed by atoms with van der Waals surface area (Å²) >= 11 is 3.02. The van der Waals surface area contributed by atoms with Crippen LogP contribution >= 0.6 is 23.5 Å². The van der Waals surface area contributed by atoms with E-state index < -0.39 is 0 Å². The number of ketones is 4. The van der Waals surface area contributed by atoms with Crippen LogP contribution in [-0.4, -0.2) is 85.6 Å². The van der Waals surface area contributed by atoms with Gasteiger partial charge in [0.25, 0.3) is 0 Å². The van der Waals surface area contributed by atoms with E-state index in [1.54, 1.807) is 13.0 Å². The van der Waals surface area contributed by atoms with E-state index in [-0.39, 0.29) is 104 Å². The molecule has 0 bridgehead atoms. The molecule has 3 aromatic carbocycles. The molecule has 0 aliphatic rings. The van der Waals surface area contributed by atoms with Gasteiger partial charge >= 0.3 is 0 Å². The molecule has 338 valence electrons. The summed E-state index contributed by atoms with van der Waals surface area (Å²) in [5.41, 5.74) is 33.1. The Morgan fingerprint density at radius 2 is 0.952 bits per heavy atom. The highest BCUT2D eigenvalue weighted by Gasteiger charge is 2.25. The molecule has 15 heteroatoms. The number of ether oxygens (including phenoxy) is 2.